The van der Waals surface area contributed by atoms with E-state index in [0.717, 1.165) is 22.1 Å². The summed E-state index contributed by atoms with van der Waals surface area (Å²) in [7, 11) is 1.65. The van der Waals surface area contributed by atoms with Crippen molar-refractivity contribution in [3.8, 4) is 5.75 Å². The van der Waals surface area contributed by atoms with Gasteiger partial charge in [0, 0.05) is 5.57 Å². The van der Waals surface area contributed by atoms with Crippen LogP contribution in [0.15, 0.2) is 42.0 Å². The Kier molecular flexibility index (Phi) is 3.18. The average molecular weight is 282 g/mol. The van der Waals surface area contributed by atoms with E-state index in [0.29, 0.717) is 5.57 Å². The van der Waals surface area contributed by atoms with E-state index >= 15 is 0 Å². The molecule has 4 heteroatoms. The van der Waals surface area contributed by atoms with Gasteiger partial charge in [-0.1, -0.05) is 24.3 Å². The van der Waals surface area contributed by atoms with Gasteiger partial charge >= 0.3 is 0 Å². The van der Waals surface area contributed by atoms with Crippen LogP contribution < -0.4 is 15.6 Å². The van der Waals surface area contributed by atoms with Gasteiger partial charge in [0.1, 0.15) is 5.75 Å². The van der Waals surface area contributed by atoms with Crippen LogP contribution in [0.4, 0.5) is 0 Å². The molecule has 0 aliphatic carbocycles. The Balaban J connectivity index is 2.22. The molecule has 2 N–H and O–H groups in total. The number of hydrazine groups is 1. The van der Waals surface area contributed by atoms with E-state index in [1.807, 2.05) is 50.3 Å². The van der Waals surface area contributed by atoms with Gasteiger partial charge in [-0.15, -0.1) is 0 Å². The van der Waals surface area contributed by atoms with Gasteiger partial charge < -0.3 is 4.74 Å². The van der Waals surface area contributed by atoms with Gasteiger partial charge in [0.25, 0.3) is 5.91 Å². The molecule has 3 rings (SSSR count). The fourth-order valence-corrected chi connectivity index (χ4v) is 2.58. The van der Waals surface area contributed by atoms with Crippen molar-refractivity contribution < 1.29 is 9.53 Å². The molecule has 1 fully saturated rings. The lowest BCUT2D eigenvalue weighted by molar-refractivity contribution is -0.116. The van der Waals surface area contributed by atoms with Gasteiger partial charge in [0.05, 0.1) is 12.6 Å². The number of hydrogen-bond acceptors (Lipinski definition) is 3. The quantitative estimate of drug-likeness (QED) is 0.833. The van der Waals surface area contributed by atoms with Crippen molar-refractivity contribution in [2.24, 2.45) is 0 Å². The normalized spacial score (nSPS) is 19.0. The van der Waals surface area contributed by atoms with E-state index in [1.165, 1.54) is 0 Å². The predicted octanol–water partition coefficient (Wildman–Crippen LogP) is 2.64. The van der Waals surface area contributed by atoms with Gasteiger partial charge in [-0.3, -0.25) is 10.2 Å². The molecule has 2 aromatic rings. The summed E-state index contributed by atoms with van der Waals surface area (Å²) in [6.07, 6.45) is 1.93. The first-order chi connectivity index (χ1) is 10.0. The highest BCUT2D eigenvalue weighted by Gasteiger charge is 2.35. The Hall–Kier alpha value is -2.33. The molecular weight excluding hydrogens is 264 g/mol. The maximum atomic E-state index is 12.0. The lowest BCUT2D eigenvalue weighted by Gasteiger charge is -2.17. The van der Waals surface area contributed by atoms with Gasteiger partial charge in [-0.2, -0.15) is 0 Å². The third-order valence-electron chi connectivity index (χ3n) is 3.81. The summed E-state index contributed by atoms with van der Waals surface area (Å²) in [5.41, 5.74) is 6.95. The van der Waals surface area contributed by atoms with Crippen LogP contribution in [0.3, 0.4) is 0 Å². The van der Waals surface area contributed by atoms with Crippen LogP contribution in [0.25, 0.3) is 16.8 Å². The standard InChI is InChI=1S/C17H18N2O2/c1-17(2)15(16(20)18-19-17)10-12-9-13(21-3)8-11-6-4-5-7-14(11)12/h4-10,19H,1-3H3,(H,18,20)/b15-10+. The van der Waals surface area contributed by atoms with Gasteiger partial charge in [0.2, 0.25) is 0 Å². The lowest BCUT2D eigenvalue weighted by Crippen LogP contribution is -2.38. The topological polar surface area (TPSA) is 50.4 Å². The lowest BCUT2D eigenvalue weighted by atomic mass is 9.92. The van der Waals surface area contributed by atoms with Crippen LogP contribution in [0.1, 0.15) is 19.4 Å². The molecule has 1 aliphatic rings. The molecule has 108 valence electrons. The third-order valence-corrected chi connectivity index (χ3v) is 3.81. The highest BCUT2D eigenvalue weighted by atomic mass is 16.5. The minimum Gasteiger partial charge on any atom is -0.497 e. The molecule has 0 unspecified atom stereocenters. The summed E-state index contributed by atoms with van der Waals surface area (Å²) in [6, 6.07) is 12.0. The summed E-state index contributed by atoms with van der Waals surface area (Å²) in [4.78, 5) is 12.0. The van der Waals surface area contributed by atoms with Crippen molar-refractivity contribution in [2.75, 3.05) is 7.11 Å². The van der Waals surface area contributed by atoms with Crippen molar-refractivity contribution in [1.82, 2.24) is 10.9 Å². The number of fused-ring (bicyclic) bond motifs is 1. The molecule has 0 aromatic heterocycles. The Morgan fingerprint density at radius 1 is 1.19 bits per heavy atom. The average Bonchev–Trinajstić information content (AvgIpc) is 2.74. The minimum absolute atomic E-state index is 0.0908. The first-order valence-electron chi connectivity index (χ1n) is 6.88. The Morgan fingerprint density at radius 2 is 1.95 bits per heavy atom. The van der Waals surface area contributed by atoms with E-state index in [9.17, 15) is 4.79 Å². The fraction of sp³-hybridized carbons (Fsp3) is 0.235. The van der Waals surface area contributed by atoms with Gasteiger partial charge in [-0.25, -0.2) is 5.43 Å². The maximum Gasteiger partial charge on any atom is 0.263 e. The molecule has 0 radical (unpaired) electrons. The van der Waals surface area contributed by atoms with E-state index in [4.69, 9.17) is 4.74 Å². The second-order valence-electron chi connectivity index (χ2n) is 5.70. The second kappa shape index (κ2) is 4.90. The van der Waals surface area contributed by atoms with E-state index in [-0.39, 0.29) is 5.91 Å². The van der Waals surface area contributed by atoms with E-state index in [1.54, 1.807) is 7.11 Å². The zero-order valence-corrected chi connectivity index (χ0v) is 12.4. The summed E-state index contributed by atoms with van der Waals surface area (Å²) >= 11 is 0. The summed E-state index contributed by atoms with van der Waals surface area (Å²) < 4.78 is 5.36. The smallest absolute Gasteiger partial charge is 0.263 e. The molecule has 21 heavy (non-hydrogen) atoms. The number of carbonyl (C=O) groups excluding carboxylic acids is 1. The molecule has 0 atom stereocenters. The van der Waals surface area contributed by atoms with Crippen molar-refractivity contribution in [3.63, 3.8) is 0 Å². The number of amides is 1. The predicted molar refractivity (Wildman–Crippen MR) is 83.8 cm³/mol. The van der Waals surface area contributed by atoms with Crippen LogP contribution in [-0.2, 0) is 4.79 Å². The molecule has 4 nitrogen and oxygen atoms in total. The van der Waals surface area contributed by atoms with Crippen LogP contribution in [0.2, 0.25) is 0 Å². The molecule has 2 aromatic carbocycles. The Morgan fingerprint density at radius 3 is 2.62 bits per heavy atom. The van der Waals surface area contributed by atoms with Crippen LogP contribution >= 0.6 is 0 Å². The molecule has 0 saturated carbocycles. The van der Waals surface area contributed by atoms with Gasteiger partial charge in [-0.05, 0) is 48.4 Å². The molecule has 0 bridgehead atoms. The molecule has 1 heterocycles. The zero-order valence-electron chi connectivity index (χ0n) is 12.4. The highest BCUT2D eigenvalue weighted by molar-refractivity contribution is 6.04. The SMILES string of the molecule is COc1cc(/C=C2\C(=O)NNC2(C)C)c2ccccc2c1. The molecule has 0 spiro atoms. The number of benzene rings is 2. The summed E-state index contributed by atoms with van der Waals surface area (Å²) in [6.45, 7) is 3.94. The van der Waals surface area contributed by atoms with Crippen LogP contribution in [0, 0.1) is 0 Å². The monoisotopic (exact) mass is 282 g/mol. The second-order valence-corrected chi connectivity index (χ2v) is 5.70. The molecular formula is C17H18N2O2. The Labute approximate surface area is 123 Å². The van der Waals surface area contributed by atoms with Gasteiger partial charge in [0.15, 0.2) is 0 Å². The van der Waals surface area contributed by atoms with E-state index < -0.39 is 5.54 Å². The maximum absolute atomic E-state index is 12.0. The fourth-order valence-electron chi connectivity index (χ4n) is 2.58. The summed E-state index contributed by atoms with van der Waals surface area (Å²) in [5, 5.41) is 2.19. The number of carbonyl (C=O) groups is 1. The zero-order chi connectivity index (χ0) is 15.0. The molecule has 1 aliphatic heterocycles. The van der Waals surface area contributed by atoms with Crippen LogP contribution in [0.5, 0.6) is 5.75 Å². The highest BCUT2D eigenvalue weighted by Crippen LogP contribution is 2.30. The molecule has 1 amide bonds. The summed E-state index contributed by atoms with van der Waals surface area (Å²) in [5.74, 6) is 0.691. The number of hydrogen-bond donors (Lipinski definition) is 2. The minimum atomic E-state index is -0.402. The molecule has 1 saturated heterocycles. The van der Waals surface area contributed by atoms with Crippen molar-refractivity contribution >= 4 is 22.8 Å². The number of nitrogens with one attached hydrogen (secondary N) is 2. The largest absolute Gasteiger partial charge is 0.497 e. The van der Waals surface area contributed by atoms with Crippen molar-refractivity contribution in [3.05, 3.63) is 47.5 Å². The first-order valence-corrected chi connectivity index (χ1v) is 6.88. The number of ether oxygens (including phenoxy) is 1. The van der Waals surface area contributed by atoms with Crippen LogP contribution in [-0.4, -0.2) is 18.6 Å². The Bertz CT molecular complexity index is 748. The van der Waals surface area contributed by atoms with Crippen molar-refractivity contribution in [1.29, 1.82) is 0 Å². The van der Waals surface area contributed by atoms with Crippen molar-refractivity contribution in [2.45, 2.75) is 19.4 Å². The number of rotatable bonds is 2. The first kappa shape index (κ1) is 13.6. The third kappa shape index (κ3) is 2.38. The van der Waals surface area contributed by atoms with E-state index in [2.05, 4.69) is 16.9 Å². The number of methoxy groups -OCH3 is 1.